The molecule has 1 amide bonds. The third-order valence-electron chi connectivity index (χ3n) is 6.99. The molecule has 198 valence electrons. The first-order valence-corrected chi connectivity index (χ1v) is 13.0. The maximum atomic E-state index is 15.1. The molecule has 1 aliphatic rings. The van der Waals surface area contributed by atoms with Crippen molar-refractivity contribution in [2.45, 2.75) is 20.4 Å². The van der Waals surface area contributed by atoms with Crippen LogP contribution in [0.4, 0.5) is 15.8 Å². The van der Waals surface area contributed by atoms with Crippen molar-refractivity contribution in [3.63, 3.8) is 0 Å². The van der Waals surface area contributed by atoms with Crippen LogP contribution in [0.15, 0.2) is 60.9 Å². The molecule has 8 nitrogen and oxygen atoms in total. The van der Waals surface area contributed by atoms with Gasteiger partial charge in [-0.25, -0.2) is 9.37 Å². The number of carbonyl (C=O) groups is 1. The maximum absolute atomic E-state index is 15.1. The Bertz CT molecular complexity index is 1450. The van der Waals surface area contributed by atoms with Crippen LogP contribution in [-0.2, 0) is 6.54 Å². The quantitative estimate of drug-likeness (QED) is 0.335. The first-order chi connectivity index (χ1) is 18.5. The molecule has 0 fully saturated rings. The number of rotatable bonds is 9. The second kappa shape index (κ2) is 11.2. The van der Waals surface area contributed by atoms with Crippen LogP contribution in [-0.4, -0.2) is 65.0 Å². The molecule has 0 radical (unpaired) electrons. The number of likely N-dealkylation sites (N-methyl/N-ethyl adjacent to an activating group) is 2. The van der Waals surface area contributed by atoms with E-state index in [2.05, 4.69) is 33.5 Å². The monoisotopic (exact) mass is 516 g/mol. The highest BCUT2D eigenvalue weighted by Crippen LogP contribution is 2.31. The van der Waals surface area contributed by atoms with Crippen LogP contribution in [0.5, 0.6) is 5.75 Å². The van der Waals surface area contributed by atoms with Gasteiger partial charge in [-0.1, -0.05) is 6.92 Å². The van der Waals surface area contributed by atoms with Gasteiger partial charge in [-0.05, 0) is 74.6 Å². The van der Waals surface area contributed by atoms with Gasteiger partial charge in [0.25, 0.3) is 5.91 Å². The minimum absolute atomic E-state index is 0.0729. The Balaban J connectivity index is 1.37. The van der Waals surface area contributed by atoms with Crippen molar-refractivity contribution in [1.29, 1.82) is 0 Å². The van der Waals surface area contributed by atoms with Gasteiger partial charge < -0.3 is 19.9 Å². The Morgan fingerprint density at radius 1 is 1.13 bits per heavy atom. The molecule has 0 atom stereocenters. The van der Waals surface area contributed by atoms with Crippen molar-refractivity contribution in [3.05, 3.63) is 77.9 Å². The number of carbonyl (C=O) groups excluding carboxylic acids is 1. The zero-order valence-electron chi connectivity index (χ0n) is 22.0. The molecule has 0 unspecified atom stereocenters. The van der Waals surface area contributed by atoms with Crippen LogP contribution in [0.3, 0.4) is 0 Å². The molecule has 2 aromatic carbocycles. The molecule has 38 heavy (non-hydrogen) atoms. The van der Waals surface area contributed by atoms with Gasteiger partial charge in [0.05, 0.1) is 16.9 Å². The lowest BCUT2D eigenvalue weighted by atomic mass is 10.1. The van der Waals surface area contributed by atoms with Gasteiger partial charge in [-0.3, -0.25) is 14.5 Å². The molecule has 4 aromatic rings. The number of halogens is 1. The highest BCUT2D eigenvalue weighted by atomic mass is 19.1. The summed E-state index contributed by atoms with van der Waals surface area (Å²) in [6.45, 7) is 7.95. The van der Waals surface area contributed by atoms with E-state index >= 15 is 4.39 Å². The highest BCUT2D eigenvalue weighted by Gasteiger charge is 2.19. The molecular weight excluding hydrogens is 483 g/mol. The van der Waals surface area contributed by atoms with E-state index in [1.54, 1.807) is 23.2 Å². The molecule has 9 heteroatoms. The molecule has 0 aliphatic carbocycles. The Labute approximate surface area is 222 Å². The summed E-state index contributed by atoms with van der Waals surface area (Å²) in [5.41, 5.74) is 5.20. The van der Waals surface area contributed by atoms with Crippen molar-refractivity contribution in [2.75, 3.05) is 45.3 Å². The summed E-state index contributed by atoms with van der Waals surface area (Å²) in [7, 11) is 2.00. The number of nitrogens with one attached hydrogen (secondary N) is 2. The summed E-state index contributed by atoms with van der Waals surface area (Å²) in [6, 6.07) is 14.7. The molecule has 3 heterocycles. The van der Waals surface area contributed by atoms with Crippen molar-refractivity contribution in [1.82, 2.24) is 24.5 Å². The number of ether oxygens (including phenoxy) is 1. The van der Waals surface area contributed by atoms with Crippen LogP contribution in [0.25, 0.3) is 16.9 Å². The summed E-state index contributed by atoms with van der Waals surface area (Å²) in [4.78, 5) is 21.3. The minimum Gasteiger partial charge on any atom is -0.478 e. The summed E-state index contributed by atoms with van der Waals surface area (Å²) in [5.74, 6) is 0.0434. The maximum Gasteiger partial charge on any atom is 0.256 e. The summed E-state index contributed by atoms with van der Waals surface area (Å²) < 4.78 is 22.8. The second-order valence-electron chi connectivity index (χ2n) is 9.39. The normalized spacial score (nSPS) is 12.9. The van der Waals surface area contributed by atoms with Gasteiger partial charge in [0.15, 0.2) is 5.65 Å². The SMILES string of the molecule is CCN(C)CCN(CC)C(=O)c1ccc(Nc2ccc(-c3ccc4c(c3)CNCO4)n3ccnc23)cc1F. The largest absolute Gasteiger partial charge is 0.478 e. The van der Waals surface area contributed by atoms with Crippen molar-refractivity contribution in [2.24, 2.45) is 0 Å². The number of hydrogen-bond donors (Lipinski definition) is 2. The van der Waals surface area contributed by atoms with Crippen molar-refractivity contribution >= 4 is 22.9 Å². The van der Waals surface area contributed by atoms with Crippen LogP contribution >= 0.6 is 0 Å². The number of hydrogen-bond acceptors (Lipinski definition) is 6. The fourth-order valence-electron chi connectivity index (χ4n) is 4.62. The lowest BCUT2D eigenvalue weighted by Gasteiger charge is -2.24. The van der Waals surface area contributed by atoms with E-state index in [-0.39, 0.29) is 11.5 Å². The topological polar surface area (TPSA) is 74.1 Å². The van der Waals surface area contributed by atoms with Gasteiger partial charge in [0.2, 0.25) is 0 Å². The molecule has 2 aromatic heterocycles. The second-order valence-corrected chi connectivity index (χ2v) is 9.39. The molecule has 1 aliphatic heterocycles. The Kier molecular flexibility index (Phi) is 7.57. The first kappa shape index (κ1) is 25.7. The van der Waals surface area contributed by atoms with E-state index in [0.29, 0.717) is 31.2 Å². The summed E-state index contributed by atoms with van der Waals surface area (Å²) >= 11 is 0. The summed E-state index contributed by atoms with van der Waals surface area (Å²) in [5, 5.41) is 6.49. The average Bonchev–Trinajstić information content (AvgIpc) is 3.44. The number of amides is 1. The van der Waals surface area contributed by atoms with Crippen LogP contribution in [0, 0.1) is 5.82 Å². The standard InChI is InChI=1S/C29H33FN6O2/c1-4-34(3)14-15-35(5-2)29(37)23-8-7-22(17-24(23)30)33-25-9-10-26(36-13-12-32-28(25)36)20-6-11-27-21(16-20)18-31-19-38-27/h6-13,16-17,31,33H,4-5,14-15,18-19H2,1-3H3. The number of anilines is 2. The average molecular weight is 517 g/mol. The molecule has 0 saturated heterocycles. The lowest BCUT2D eigenvalue weighted by Crippen LogP contribution is -2.37. The van der Waals surface area contributed by atoms with Crippen LogP contribution in [0.2, 0.25) is 0 Å². The predicted molar refractivity (Wildman–Crippen MR) is 147 cm³/mol. The molecule has 5 rings (SSSR count). The van der Waals surface area contributed by atoms with Crippen molar-refractivity contribution in [3.8, 4) is 17.0 Å². The molecular formula is C29H33FN6O2. The minimum atomic E-state index is -0.553. The molecule has 2 N–H and O–H groups in total. The zero-order chi connectivity index (χ0) is 26.6. The Morgan fingerprint density at radius 2 is 2.00 bits per heavy atom. The van der Waals surface area contributed by atoms with Crippen LogP contribution in [0.1, 0.15) is 29.8 Å². The first-order valence-electron chi connectivity index (χ1n) is 13.0. The van der Waals surface area contributed by atoms with E-state index in [9.17, 15) is 4.79 Å². The van der Waals surface area contributed by atoms with E-state index in [1.165, 1.54) is 6.07 Å². The van der Waals surface area contributed by atoms with Crippen LogP contribution < -0.4 is 15.4 Å². The van der Waals surface area contributed by atoms with Gasteiger partial charge in [0, 0.05) is 49.8 Å². The lowest BCUT2D eigenvalue weighted by molar-refractivity contribution is 0.0746. The third-order valence-corrected chi connectivity index (χ3v) is 6.99. The van der Waals surface area contributed by atoms with E-state index < -0.39 is 5.82 Å². The highest BCUT2D eigenvalue weighted by molar-refractivity contribution is 5.95. The molecule has 0 spiro atoms. The number of aromatic nitrogens is 2. The molecule has 0 saturated carbocycles. The van der Waals surface area contributed by atoms with E-state index in [4.69, 9.17) is 4.74 Å². The molecule has 0 bridgehead atoms. The van der Waals surface area contributed by atoms with Gasteiger partial charge in [-0.2, -0.15) is 0 Å². The number of benzene rings is 2. The number of nitrogens with zero attached hydrogens (tertiary/aromatic N) is 4. The number of pyridine rings is 1. The van der Waals surface area contributed by atoms with Crippen molar-refractivity contribution < 1.29 is 13.9 Å². The van der Waals surface area contributed by atoms with Gasteiger partial charge in [0.1, 0.15) is 18.3 Å². The van der Waals surface area contributed by atoms with Gasteiger partial charge >= 0.3 is 0 Å². The van der Waals surface area contributed by atoms with E-state index in [0.717, 1.165) is 47.9 Å². The fourth-order valence-corrected chi connectivity index (χ4v) is 4.62. The summed E-state index contributed by atoms with van der Waals surface area (Å²) in [6.07, 6.45) is 3.65. The number of imidazole rings is 1. The predicted octanol–water partition coefficient (Wildman–Crippen LogP) is 4.74. The number of fused-ring (bicyclic) bond motifs is 2. The van der Waals surface area contributed by atoms with Gasteiger partial charge in [-0.15, -0.1) is 0 Å². The van der Waals surface area contributed by atoms with E-state index in [1.807, 2.05) is 48.8 Å². The zero-order valence-corrected chi connectivity index (χ0v) is 22.0. The smallest absolute Gasteiger partial charge is 0.256 e. The Morgan fingerprint density at radius 3 is 2.79 bits per heavy atom. The fraction of sp³-hybridized carbons (Fsp3) is 0.310. The Hall–Kier alpha value is -3.95. The third kappa shape index (κ3) is 5.20.